The highest BCUT2D eigenvalue weighted by Crippen LogP contribution is 2.20. The minimum absolute atomic E-state index is 0.0336. The van der Waals surface area contributed by atoms with E-state index in [9.17, 15) is 4.79 Å². The Labute approximate surface area is 113 Å². The largest absolute Gasteiger partial charge is 0.347 e. The Kier molecular flexibility index (Phi) is 6.29. The fourth-order valence-corrected chi connectivity index (χ4v) is 2.64. The molecule has 0 saturated carbocycles. The van der Waals surface area contributed by atoms with Gasteiger partial charge in [0.05, 0.1) is 12.0 Å². The summed E-state index contributed by atoms with van der Waals surface area (Å²) in [6, 6.07) is -0.0336. The van der Waals surface area contributed by atoms with Gasteiger partial charge in [0.2, 0.25) is 5.91 Å². The minimum atomic E-state index is -0.0805. The predicted octanol–water partition coefficient (Wildman–Crippen LogP) is 2.26. The second-order valence-corrected chi connectivity index (χ2v) is 5.62. The Morgan fingerprint density at radius 2 is 2.28 bits per heavy atom. The van der Waals surface area contributed by atoms with Crippen LogP contribution in [0.3, 0.4) is 0 Å². The number of carbonyl (C=O) groups excluding carboxylic acids is 1. The van der Waals surface area contributed by atoms with Gasteiger partial charge < -0.3 is 11.1 Å². The highest BCUT2D eigenvalue weighted by Gasteiger charge is 2.19. The van der Waals surface area contributed by atoms with Crippen molar-refractivity contribution in [2.24, 2.45) is 11.7 Å². The lowest BCUT2D eigenvalue weighted by molar-refractivity contribution is -0.125. The van der Waals surface area contributed by atoms with E-state index in [1.807, 2.05) is 13.1 Å². The lowest BCUT2D eigenvalue weighted by Crippen LogP contribution is -2.36. The third-order valence-corrected chi connectivity index (χ3v) is 4.27. The maximum atomic E-state index is 12.0. The van der Waals surface area contributed by atoms with Crippen LogP contribution in [0.25, 0.3) is 0 Å². The molecule has 18 heavy (non-hydrogen) atoms. The third kappa shape index (κ3) is 4.07. The van der Waals surface area contributed by atoms with E-state index in [-0.39, 0.29) is 17.9 Å². The van der Waals surface area contributed by atoms with Crippen molar-refractivity contribution in [1.82, 2.24) is 10.3 Å². The summed E-state index contributed by atoms with van der Waals surface area (Å²) in [4.78, 5) is 17.6. The number of nitrogens with two attached hydrogens (primary N) is 1. The van der Waals surface area contributed by atoms with Gasteiger partial charge >= 0.3 is 0 Å². The number of nitrogens with one attached hydrogen (secondary N) is 1. The Balaban J connectivity index is 2.57. The molecule has 102 valence electrons. The molecule has 1 aromatic heterocycles. The van der Waals surface area contributed by atoms with E-state index in [2.05, 4.69) is 24.1 Å². The summed E-state index contributed by atoms with van der Waals surface area (Å²) in [5.41, 5.74) is 5.63. The van der Waals surface area contributed by atoms with Crippen molar-refractivity contribution in [3.05, 3.63) is 16.1 Å². The van der Waals surface area contributed by atoms with Crippen LogP contribution in [0.15, 0.2) is 6.20 Å². The molecule has 0 aliphatic rings. The van der Waals surface area contributed by atoms with E-state index in [1.54, 1.807) is 11.3 Å². The van der Waals surface area contributed by atoms with E-state index in [1.165, 1.54) is 4.88 Å². The standard InChI is InChI=1S/C13H23N3OS/c1-4-6-10(7-14)12(17)16-9(3)13-15-8-11(5-2)18-13/h8-10H,4-7,14H2,1-3H3,(H,16,17). The van der Waals surface area contributed by atoms with Crippen molar-refractivity contribution in [1.29, 1.82) is 0 Å². The smallest absolute Gasteiger partial charge is 0.224 e. The third-order valence-electron chi connectivity index (χ3n) is 2.94. The van der Waals surface area contributed by atoms with Gasteiger partial charge in [-0.25, -0.2) is 4.98 Å². The van der Waals surface area contributed by atoms with Gasteiger partial charge in [0, 0.05) is 17.6 Å². The monoisotopic (exact) mass is 269 g/mol. The number of rotatable bonds is 7. The molecule has 0 saturated heterocycles. The highest BCUT2D eigenvalue weighted by atomic mass is 32.1. The van der Waals surface area contributed by atoms with Crippen molar-refractivity contribution in [3.8, 4) is 0 Å². The minimum Gasteiger partial charge on any atom is -0.347 e. The van der Waals surface area contributed by atoms with Gasteiger partial charge in [-0.15, -0.1) is 11.3 Å². The molecule has 1 amide bonds. The van der Waals surface area contributed by atoms with Gasteiger partial charge in [0.25, 0.3) is 0 Å². The van der Waals surface area contributed by atoms with Crippen LogP contribution >= 0.6 is 11.3 Å². The van der Waals surface area contributed by atoms with Gasteiger partial charge in [0.1, 0.15) is 5.01 Å². The Bertz CT molecular complexity index is 378. The van der Waals surface area contributed by atoms with Gasteiger partial charge in [-0.3, -0.25) is 4.79 Å². The molecule has 4 nitrogen and oxygen atoms in total. The second kappa shape index (κ2) is 7.48. The van der Waals surface area contributed by atoms with Crippen molar-refractivity contribution in [2.45, 2.75) is 46.1 Å². The molecule has 0 aliphatic carbocycles. The summed E-state index contributed by atoms with van der Waals surface area (Å²) in [6.45, 7) is 6.54. The molecule has 0 radical (unpaired) electrons. The molecule has 1 heterocycles. The van der Waals surface area contributed by atoms with Crippen LogP contribution < -0.4 is 11.1 Å². The zero-order chi connectivity index (χ0) is 13.5. The average Bonchev–Trinajstić information content (AvgIpc) is 2.84. The van der Waals surface area contributed by atoms with Gasteiger partial charge in [-0.1, -0.05) is 20.3 Å². The van der Waals surface area contributed by atoms with Crippen molar-refractivity contribution >= 4 is 17.2 Å². The number of nitrogens with zero attached hydrogens (tertiary/aromatic N) is 1. The van der Waals surface area contributed by atoms with Crippen LogP contribution in [0.4, 0.5) is 0 Å². The zero-order valence-electron chi connectivity index (χ0n) is 11.4. The van der Waals surface area contributed by atoms with Crippen molar-refractivity contribution in [3.63, 3.8) is 0 Å². The van der Waals surface area contributed by atoms with E-state index < -0.39 is 0 Å². The predicted molar refractivity (Wildman–Crippen MR) is 75.5 cm³/mol. The molecule has 5 heteroatoms. The van der Waals surface area contributed by atoms with Gasteiger partial charge in [-0.2, -0.15) is 0 Å². The number of aryl methyl sites for hydroxylation is 1. The summed E-state index contributed by atoms with van der Waals surface area (Å²) in [5.74, 6) is -0.0387. The average molecular weight is 269 g/mol. The number of carbonyl (C=O) groups is 1. The highest BCUT2D eigenvalue weighted by molar-refractivity contribution is 7.11. The summed E-state index contributed by atoms with van der Waals surface area (Å²) in [7, 11) is 0. The van der Waals surface area contributed by atoms with Crippen LogP contribution in [0.5, 0.6) is 0 Å². The maximum absolute atomic E-state index is 12.0. The van der Waals surface area contributed by atoms with Crippen LogP contribution in [0.2, 0.25) is 0 Å². The fraction of sp³-hybridized carbons (Fsp3) is 0.692. The molecular weight excluding hydrogens is 246 g/mol. The molecular formula is C13H23N3OS. The fourth-order valence-electron chi connectivity index (χ4n) is 1.78. The Morgan fingerprint density at radius 1 is 1.56 bits per heavy atom. The molecule has 0 aromatic carbocycles. The number of aromatic nitrogens is 1. The topological polar surface area (TPSA) is 68.0 Å². The molecule has 1 aromatic rings. The first-order valence-corrected chi connectivity index (χ1v) is 7.39. The Hall–Kier alpha value is -0.940. The number of amides is 1. The summed E-state index contributed by atoms with van der Waals surface area (Å²) < 4.78 is 0. The van der Waals surface area contributed by atoms with E-state index >= 15 is 0 Å². The van der Waals surface area contributed by atoms with E-state index in [0.29, 0.717) is 6.54 Å². The zero-order valence-corrected chi connectivity index (χ0v) is 12.2. The lowest BCUT2D eigenvalue weighted by atomic mass is 10.0. The van der Waals surface area contributed by atoms with Crippen LogP contribution in [-0.2, 0) is 11.2 Å². The van der Waals surface area contributed by atoms with Crippen LogP contribution in [0.1, 0.15) is 49.5 Å². The first kappa shape index (κ1) is 15.1. The van der Waals surface area contributed by atoms with Gasteiger partial charge in [-0.05, 0) is 19.8 Å². The van der Waals surface area contributed by atoms with Crippen molar-refractivity contribution in [2.75, 3.05) is 6.54 Å². The first-order valence-electron chi connectivity index (χ1n) is 6.57. The summed E-state index contributed by atoms with van der Waals surface area (Å²) >= 11 is 1.66. The summed E-state index contributed by atoms with van der Waals surface area (Å²) in [5, 5.41) is 3.96. The van der Waals surface area contributed by atoms with Crippen molar-refractivity contribution < 1.29 is 4.79 Å². The van der Waals surface area contributed by atoms with Gasteiger partial charge in [0.15, 0.2) is 0 Å². The van der Waals surface area contributed by atoms with E-state index in [0.717, 1.165) is 24.3 Å². The summed E-state index contributed by atoms with van der Waals surface area (Å²) in [6.07, 6.45) is 4.68. The number of hydrogen-bond donors (Lipinski definition) is 2. The molecule has 1 rings (SSSR count). The number of thiazole rings is 1. The second-order valence-electron chi connectivity index (χ2n) is 4.47. The molecule has 0 fully saturated rings. The molecule has 2 atom stereocenters. The molecule has 0 bridgehead atoms. The number of hydrogen-bond acceptors (Lipinski definition) is 4. The molecule has 0 aliphatic heterocycles. The van der Waals surface area contributed by atoms with Crippen LogP contribution in [0, 0.1) is 5.92 Å². The quantitative estimate of drug-likeness (QED) is 0.798. The normalized spacial score (nSPS) is 14.2. The maximum Gasteiger partial charge on any atom is 0.224 e. The first-order chi connectivity index (χ1) is 8.62. The van der Waals surface area contributed by atoms with Crippen LogP contribution in [-0.4, -0.2) is 17.4 Å². The Morgan fingerprint density at radius 3 is 2.78 bits per heavy atom. The molecule has 2 unspecified atom stereocenters. The molecule has 3 N–H and O–H groups in total. The molecule has 0 spiro atoms. The lowest BCUT2D eigenvalue weighted by Gasteiger charge is -2.17. The SMILES string of the molecule is CCCC(CN)C(=O)NC(C)c1ncc(CC)s1. The van der Waals surface area contributed by atoms with E-state index in [4.69, 9.17) is 5.73 Å².